The molecule has 2 rings (SSSR count). The quantitative estimate of drug-likeness (QED) is 0.732. The first-order valence-corrected chi connectivity index (χ1v) is 5.04. The number of carbonyl (C=O) groups is 1. The number of benzene rings is 1. The zero-order valence-corrected chi connectivity index (χ0v) is 9.00. The highest BCUT2D eigenvalue weighted by Crippen LogP contribution is 2.09. The molecule has 0 saturated carbocycles. The van der Waals surface area contributed by atoms with Gasteiger partial charge in [0, 0.05) is 12.4 Å². The van der Waals surface area contributed by atoms with Crippen molar-refractivity contribution in [3.05, 3.63) is 54.4 Å². The maximum Gasteiger partial charge on any atom is 0.152 e. The van der Waals surface area contributed by atoms with Crippen molar-refractivity contribution in [2.24, 2.45) is 0 Å². The van der Waals surface area contributed by atoms with Crippen molar-refractivity contribution in [1.82, 2.24) is 9.78 Å². The molecule has 1 aromatic heterocycles. The Hall–Kier alpha value is -2.16. The molecule has 0 amide bonds. The molecule has 2 aromatic rings. The van der Waals surface area contributed by atoms with Gasteiger partial charge < -0.3 is 0 Å². The minimum atomic E-state index is 0.0520. The third kappa shape index (κ3) is 2.45. The third-order valence-electron chi connectivity index (χ3n) is 2.17. The number of hydrogen-bond acceptors (Lipinski definition) is 2. The predicted octanol–water partition coefficient (Wildman–Crippen LogP) is 2.47. The molecular weight excluding hydrogens is 200 g/mol. The van der Waals surface area contributed by atoms with Gasteiger partial charge in [-0.15, -0.1) is 0 Å². The third-order valence-corrected chi connectivity index (χ3v) is 2.17. The van der Waals surface area contributed by atoms with Crippen LogP contribution in [0.15, 0.2) is 48.8 Å². The molecule has 1 aromatic carbocycles. The predicted molar refractivity (Wildman–Crippen MR) is 63.3 cm³/mol. The van der Waals surface area contributed by atoms with Crippen LogP contribution in [0.3, 0.4) is 0 Å². The van der Waals surface area contributed by atoms with Gasteiger partial charge in [-0.2, -0.15) is 5.10 Å². The normalized spacial score (nSPS) is 10.8. The van der Waals surface area contributed by atoms with E-state index in [2.05, 4.69) is 5.10 Å². The number of ketones is 1. The zero-order valence-electron chi connectivity index (χ0n) is 9.00. The highest BCUT2D eigenvalue weighted by molar-refractivity contribution is 5.91. The molecule has 3 heteroatoms. The molecule has 80 valence electrons. The van der Waals surface area contributed by atoms with E-state index in [1.807, 2.05) is 36.5 Å². The second-order valence-corrected chi connectivity index (χ2v) is 3.49. The summed E-state index contributed by atoms with van der Waals surface area (Å²) in [7, 11) is 0. The van der Waals surface area contributed by atoms with Crippen LogP contribution in [0.1, 0.15) is 12.5 Å². The summed E-state index contributed by atoms with van der Waals surface area (Å²) in [6, 6.07) is 9.72. The molecule has 0 radical (unpaired) electrons. The average Bonchev–Trinajstić information content (AvgIpc) is 2.80. The molecule has 0 aliphatic rings. The van der Waals surface area contributed by atoms with Gasteiger partial charge in [-0.25, -0.2) is 4.68 Å². The summed E-state index contributed by atoms with van der Waals surface area (Å²) in [6.45, 7) is 1.54. The molecular formula is C13H12N2O. The Morgan fingerprint density at radius 1 is 1.31 bits per heavy atom. The van der Waals surface area contributed by atoms with Gasteiger partial charge in [0.1, 0.15) is 0 Å². The molecule has 0 bridgehead atoms. The van der Waals surface area contributed by atoms with E-state index in [1.165, 1.54) is 6.92 Å². The molecule has 0 aliphatic heterocycles. The lowest BCUT2D eigenvalue weighted by Crippen LogP contribution is -1.93. The molecule has 0 N–H and O–H groups in total. The first kappa shape index (κ1) is 10.4. The molecule has 3 nitrogen and oxygen atoms in total. The summed E-state index contributed by atoms with van der Waals surface area (Å²) < 4.78 is 1.79. The SMILES string of the molecule is CC(=O)C=Cc1ccc(-n2cccn2)cc1. The van der Waals surface area contributed by atoms with Gasteiger partial charge in [0.25, 0.3) is 0 Å². The lowest BCUT2D eigenvalue weighted by Gasteiger charge is -2.00. The Morgan fingerprint density at radius 2 is 2.06 bits per heavy atom. The van der Waals surface area contributed by atoms with Crippen molar-refractivity contribution >= 4 is 11.9 Å². The second kappa shape index (κ2) is 4.57. The van der Waals surface area contributed by atoms with Crippen LogP contribution in [0, 0.1) is 0 Å². The summed E-state index contributed by atoms with van der Waals surface area (Å²) in [5.74, 6) is 0.0520. The van der Waals surface area contributed by atoms with Crippen LogP contribution in [0.25, 0.3) is 11.8 Å². The number of allylic oxidation sites excluding steroid dienone is 1. The smallest absolute Gasteiger partial charge is 0.152 e. The van der Waals surface area contributed by atoms with Crippen LogP contribution in [-0.2, 0) is 4.79 Å². The summed E-state index contributed by atoms with van der Waals surface area (Å²) in [5, 5.41) is 4.13. The Bertz CT molecular complexity index is 495. The Morgan fingerprint density at radius 3 is 2.62 bits per heavy atom. The summed E-state index contributed by atoms with van der Waals surface area (Å²) in [4.78, 5) is 10.8. The lowest BCUT2D eigenvalue weighted by atomic mass is 10.2. The van der Waals surface area contributed by atoms with Gasteiger partial charge in [0.05, 0.1) is 5.69 Å². The summed E-state index contributed by atoms with van der Waals surface area (Å²) in [6.07, 6.45) is 6.99. The highest BCUT2D eigenvalue weighted by Gasteiger charge is 1.94. The Balaban J connectivity index is 2.20. The highest BCUT2D eigenvalue weighted by atomic mass is 16.1. The first-order valence-electron chi connectivity index (χ1n) is 5.04. The number of aromatic nitrogens is 2. The monoisotopic (exact) mass is 212 g/mol. The van der Waals surface area contributed by atoms with Gasteiger partial charge in [-0.05, 0) is 36.8 Å². The van der Waals surface area contributed by atoms with Crippen molar-refractivity contribution in [3.63, 3.8) is 0 Å². The van der Waals surface area contributed by atoms with E-state index in [0.717, 1.165) is 11.3 Å². The van der Waals surface area contributed by atoms with E-state index >= 15 is 0 Å². The summed E-state index contributed by atoms with van der Waals surface area (Å²) in [5.41, 5.74) is 2.01. The molecule has 16 heavy (non-hydrogen) atoms. The van der Waals surface area contributed by atoms with Gasteiger partial charge in [-0.1, -0.05) is 18.2 Å². The number of hydrogen-bond donors (Lipinski definition) is 0. The van der Waals surface area contributed by atoms with Crippen molar-refractivity contribution in [1.29, 1.82) is 0 Å². The zero-order chi connectivity index (χ0) is 11.4. The van der Waals surface area contributed by atoms with Crippen LogP contribution in [-0.4, -0.2) is 15.6 Å². The minimum Gasteiger partial charge on any atom is -0.295 e. The molecule has 0 saturated heterocycles. The second-order valence-electron chi connectivity index (χ2n) is 3.49. The molecule has 1 heterocycles. The fraction of sp³-hybridized carbons (Fsp3) is 0.0769. The molecule has 0 spiro atoms. The topological polar surface area (TPSA) is 34.9 Å². The van der Waals surface area contributed by atoms with E-state index in [4.69, 9.17) is 0 Å². The van der Waals surface area contributed by atoms with Crippen molar-refractivity contribution in [3.8, 4) is 5.69 Å². The van der Waals surface area contributed by atoms with E-state index in [0.29, 0.717) is 0 Å². The first-order chi connectivity index (χ1) is 7.75. The Kier molecular flexibility index (Phi) is 2.96. The largest absolute Gasteiger partial charge is 0.295 e. The van der Waals surface area contributed by atoms with Crippen LogP contribution in [0.5, 0.6) is 0 Å². The van der Waals surface area contributed by atoms with E-state index in [-0.39, 0.29) is 5.78 Å². The van der Waals surface area contributed by atoms with Gasteiger partial charge in [-0.3, -0.25) is 4.79 Å². The Labute approximate surface area is 94.0 Å². The van der Waals surface area contributed by atoms with Crippen LogP contribution in [0.4, 0.5) is 0 Å². The maximum atomic E-state index is 10.8. The standard InChI is InChI=1S/C13H12N2O/c1-11(16)3-4-12-5-7-13(8-6-12)15-10-2-9-14-15/h2-10H,1H3. The van der Waals surface area contributed by atoms with Crippen molar-refractivity contribution in [2.45, 2.75) is 6.92 Å². The fourth-order valence-electron chi connectivity index (χ4n) is 1.37. The molecule has 0 atom stereocenters. The van der Waals surface area contributed by atoms with E-state index in [9.17, 15) is 4.79 Å². The number of carbonyl (C=O) groups excluding carboxylic acids is 1. The van der Waals surface area contributed by atoms with Crippen molar-refractivity contribution in [2.75, 3.05) is 0 Å². The fourth-order valence-corrected chi connectivity index (χ4v) is 1.37. The minimum absolute atomic E-state index is 0.0520. The van der Waals surface area contributed by atoms with Gasteiger partial charge >= 0.3 is 0 Å². The molecule has 0 unspecified atom stereocenters. The number of rotatable bonds is 3. The van der Waals surface area contributed by atoms with Crippen LogP contribution < -0.4 is 0 Å². The van der Waals surface area contributed by atoms with Gasteiger partial charge in [0.2, 0.25) is 0 Å². The number of nitrogens with zero attached hydrogens (tertiary/aromatic N) is 2. The van der Waals surface area contributed by atoms with E-state index in [1.54, 1.807) is 23.0 Å². The molecule has 0 aliphatic carbocycles. The van der Waals surface area contributed by atoms with Crippen molar-refractivity contribution < 1.29 is 4.79 Å². The average molecular weight is 212 g/mol. The van der Waals surface area contributed by atoms with Crippen LogP contribution in [0.2, 0.25) is 0 Å². The lowest BCUT2D eigenvalue weighted by molar-refractivity contribution is -0.112. The van der Waals surface area contributed by atoms with Gasteiger partial charge in [0.15, 0.2) is 5.78 Å². The molecule has 0 fully saturated rings. The summed E-state index contributed by atoms with van der Waals surface area (Å²) >= 11 is 0. The van der Waals surface area contributed by atoms with E-state index < -0.39 is 0 Å². The van der Waals surface area contributed by atoms with Crippen LogP contribution >= 0.6 is 0 Å². The maximum absolute atomic E-state index is 10.8.